The summed E-state index contributed by atoms with van der Waals surface area (Å²) in [5.74, 6) is 0.507. The van der Waals surface area contributed by atoms with Gasteiger partial charge in [0.1, 0.15) is 0 Å². The van der Waals surface area contributed by atoms with Crippen LogP contribution in [0.3, 0.4) is 0 Å². The van der Waals surface area contributed by atoms with Crippen molar-refractivity contribution in [3.8, 4) is 0 Å². The molecule has 0 unspecified atom stereocenters. The number of nitrogens with zero attached hydrogens (tertiary/aromatic N) is 2. The van der Waals surface area contributed by atoms with Gasteiger partial charge in [0.15, 0.2) is 0 Å². The maximum absolute atomic E-state index is 5.52. The summed E-state index contributed by atoms with van der Waals surface area (Å²) in [7, 11) is 0. The molecule has 0 radical (unpaired) electrons. The third-order valence-electron chi connectivity index (χ3n) is 1.16. The Morgan fingerprint density at radius 1 is 1.78 bits per heavy atom. The second kappa shape index (κ2) is 2.87. The molecule has 0 amide bonds. The third kappa shape index (κ3) is 1.45. The molecule has 0 fully saturated rings. The normalized spacial score (nSPS) is 10.0. The highest BCUT2D eigenvalue weighted by atomic mass is 35.5. The van der Waals surface area contributed by atoms with Gasteiger partial charge in [0, 0.05) is 12.7 Å². The minimum Gasteiger partial charge on any atom is -0.273 e. The van der Waals surface area contributed by atoms with Crippen LogP contribution in [0.15, 0.2) is 12.3 Å². The van der Waals surface area contributed by atoms with Crippen LogP contribution in [0, 0.1) is 0 Å². The first-order chi connectivity index (χ1) is 4.36. The molecule has 1 heterocycles. The predicted octanol–water partition coefficient (Wildman–Crippen LogP) is 1.64. The highest BCUT2D eigenvalue weighted by Gasteiger charge is 1.92. The summed E-state index contributed by atoms with van der Waals surface area (Å²) in [6, 6.07) is 1.93. The van der Waals surface area contributed by atoms with Gasteiger partial charge in [-0.1, -0.05) is 0 Å². The van der Waals surface area contributed by atoms with Crippen LogP contribution < -0.4 is 0 Å². The number of alkyl halides is 1. The molecule has 3 heteroatoms. The Balaban J connectivity index is 2.74. The molecule has 2 nitrogen and oxygen atoms in total. The van der Waals surface area contributed by atoms with E-state index in [1.165, 1.54) is 0 Å². The first kappa shape index (κ1) is 6.62. The molecule has 50 valence electrons. The quantitative estimate of drug-likeness (QED) is 0.577. The molecule has 0 saturated carbocycles. The Morgan fingerprint density at radius 3 is 2.89 bits per heavy atom. The summed E-state index contributed by atoms with van der Waals surface area (Å²) in [6.45, 7) is 2.96. The van der Waals surface area contributed by atoms with Crippen LogP contribution >= 0.6 is 11.6 Å². The van der Waals surface area contributed by atoms with E-state index >= 15 is 0 Å². The first-order valence-electron chi connectivity index (χ1n) is 2.95. The van der Waals surface area contributed by atoms with Gasteiger partial charge in [-0.15, -0.1) is 11.6 Å². The van der Waals surface area contributed by atoms with Crippen molar-refractivity contribution in [1.29, 1.82) is 0 Å². The second-order valence-corrected chi connectivity index (χ2v) is 2.06. The molecule has 0 atom stereocenters. The third-order valence-corrected chi connectivity index (χ3v) is 1.43. The van der Waals surface area contributed by atoms with Crippen molar-refractivity contribution >= 4 is 11.6 Å². The van der Waals surface area contributed by atoms with Gasteiger partial charge in [-0.05, 0) is 13.0 Å². The molecule has 1 aromatic heterocycles. The van der Waals surface area contributed by atoms with E-state index in [1.54, 1.807) is 0 Å². The Hall–Kier alpha value is -0.500. The highest BCUT2D eigenvalue weighted by molar-refractivity contribution is 6.16. The number of hydrogen-bond donors (Lipinski definition) is 0. The van der Waals surface area contributed by atoms with Crippen LogP contribution in [0.2, 0.25) is 0 Å². The summed E-state index contributed by atoms with van der Waals surface area (Å²) in [4.78, 5) is 0. The summed E-state index contributed by atoms with van der Waals surface area (Å²) >= 11 is 5.52. The van der Waals surface area contributed by atoms with Crippen LogP contribution in [0.4, 0.5) is 0 Å². The maximum atomic E-state index is 5.52. The number of rotatable bonds is 2. The van der Waals surface area contributed by atoms with E-state index in [2.05, 4.69) is 5.10 Å². The lowest BCUT2D eigenvalue weighted by Crippen LogP contribution is -1.94. The van der Waals surface area contributed by atoms with Gasteiger partial charge in [0.2, 0.25) is 0 Å². The number of aryl methyl sites for hydroxylation is 1. The van der Waals surface area contributed by atoms with Gasteiger partial charge in [-0.25, -0.2) is 0 Å². The molecule has 0 saturated heterocycles. The van der Waals surface area contributed by atoms with Crippen molar-refractivity contribution in [1.82, 2.24) is 9.78 Å². The van der Waals surface area contributed by atoms with Gasteiger partial charge >= 0.3 is 0 Å². The van der Waals surface area contributed by atoms with Gasteiger partial charge < -0.3 is 0 Å². The van der Waals surface area contributed by atoms with E-state index in [9.17, 15) is 0 Å². The molecule has 0 bridgehead atoms. The number of halogens is 1. The van der Waals surface area contributed by atoms with E-state index in [0.29, 0.717) is 5.88 Å². The van der Waals surface area contributed by atoms with Gasteiger partial charge in [-0.3, -0.25) is 4.68 Å². The topological polar surface area (TPSA) is 17.8 Å². The summed E-state index contributed by atoms with van der Waals surface area (Å²) in [6.07, 6.45) is 1.93. The first-order valence-corrected chi connectivity index (χ1v) is 3.48. The van der Waals surface area contributed by atoms with Crippen molar-refractivity contribution < 1.29 is 0 Å². The Morgan fingerprint density at radius 2 is 2.56 bits per heavy atom. The zero-order chi connectivity index (χ0) is 6.69. The maximum Gasteiger partial charge on any atom is 0.0772 e. The molecular weight excluding hydrogens is 136 g/mol. The summed E-state index contributed by atoms with van der Waals surface area (Å²) in [5.41, 5.74) is 0.943. The number of hydrogen-bond acceptors (Lipinski definition) is 1. The van der Waals surface area contributed by atoms with Crippen molar-refractivity contribution in [2.45, 2.75) is 19.3 Å². The van der Waals surface area contributed by atoms with E-state index in [0.717, 1.165) is 12.2 Å². The van der Waals surface area contributed by atoms with Crippen LogP contribution in [0.25, 0.3) is 0 Å². The lowest BCUT2D eigenvalue weighted by atomic mass is 10.5. The highest BCUT2D eigenvalue weighted by Crippen LogP contribution is 1.98. The predicted molar refractivity (Wildman–Crippen MR) is 37.5 cm³/mol. The molecule has 1 aromatic rings. The molecule has 0 N–H and O–H groups in total. The minimum atomic E-state index is 0.507. The largest absolute Gasteiger partial charge is 0.273 e. The summed E-state index contributed by atoms with van der Waals surface area (Å²) in [5, 5.41) is 4.13. The molecule has 9 heavy (non-hydrogen) atoms. The average molecular weight is 145 g/mol. The van der Waals surface area contributed by atoms with Crippen LogP contribution in [0.1, 0.15) is 12.6 Å². The van der Waals surface area contributed by atoms with Crippen LogP contribution in [-0.4, -0.2) is 9.78 Å². The molecule has 0 aliphatic carbocycles. The average Bonchev–Trinajstić information content (AvgIpc) is 2.34. The number of aromatic nitrogens is 2. The Kier molecular flexibility index (Phi) is 2.11. The monoisotopic (exact) mass is 144 g/mol. The SMILES string of the molecule is CCn1ccc(CCl)n1. The fraction of sp³-hybridized carbons (Fsp3) is 0.500. The summed E-state index contributed by atoms with van der Waals surface area (Å²) < 4.78 is 1.86. The fourth-order valence-electron chi connectivity index (χ4n) is 0.651. The minimum absolute atomic E-state index is 0.507. The fourth-order valence-corrected chi connectivity index (χ4v) is 0.794. The van der Waals surface area contributed by atoms with Crippen molar-refractivity contribution in [3.63, 3.8) is 0 Å². The smallest absolute Gasteiger partial charge is 0.0772 e. The van der Waals surface area contributed by atoms with E-state index in [4.69, 9.17) is 11.6 Å². The zero-order valence-corrected chi connectivity index (χ0v) is 6.10. The molecule has 0 spiro atoms. The van der Waals surface area contributed by atoms with E-state index < -0.39 is 0 Å². The van der Waals surface area contributed by atoms with Gasteiger partial charge in [-0.2, -0.15) is 5.10 Å². The van der Waals surface area contributed by atoms with E-state index in [1.807, 2.05) is 23.9 Å². The van der Waals surface area contributed by atoms with Crippen LogP contribution in [0.5, 0.6) is 0 Å². The van der Waals surface area contributed by atoms with Crippen LogP contribution in [-0.2, 0) is 12.4 Å². The van der Waals surface area contributed by atoms with Gasteiger partial charge in [0.05, 0.1) is 11.6 Å². The van der Waals surface area contributed by atoms with Crippen molar-refractivity contribution in [3.05, 3.63) is 18.0 Å². The van der Waals surface area contributed by atoms with Crippen molar-refractivity contribution in [2.24, 2.45) is 0 Å². The molecule has 0 aromatic carbocycles. The Bertz CT molecular complexity index is 164. The van der Waals surface area contributed by atoms with Crippen molar-refractivity contribution in [2.75, 3.05) is 0 Å². The molecule has 1 rings (SSSR count). The van der Waals surface area contributed by atoms with E-state index in [-0.39, 0.29) is 0 Å². The zero-order valence-electron chi connectivity index (χ0n) is 5.34. The Labute approximate surface area is 59.4 Å². The molecular formula is C6H9ClN2. The lowest BCUT2D eigenvalue weighted by Gasteiger charge is -1.90. The molecule has 0 aliphatic heterocycles. The second-order valence-electron chi connectivity index (χ2n) is 1.80. The van der Waals surface area contributed by atoms with Gasteiger partial charge in [0.25, 0.3) is 0 Å². The standard InChI is InChI=1S/C6H9ClN2/c1-2-9-4-3-6(5-7)8-9/h3-4H,2,5H2,1H3. The molecule has 0 aliphatic rings. The lowest BCUT2D eigenvalue weighted by molar-refractivity contribution is 0.652.